The average molecular weight is 351 g/mol. The predicted octanol–water partition coefficient (Wildman–Crippen LogP) is 5.18. The Morgan fingerprint density at radius 1 is 1.17 bits per heavy atom. The van der Waals surface area contributed by atoms with Crippen LogP contribution in [0.3, 0.4) is 0 Å². The molecule has 6 heteroatoms. The Labute approximate surface area is 142 Å². The Morgan fingerprint density at radius 3 is 2.65 bits per heavy atom. The molecule has 0 saturated carbocycles. The van der Waals surface area contributed by atoms with Gasteiger partial charge in [-0.3, -0.25) is 4.79 Å². The van der Waals surface area contributed by atoms with E-state index in [0.717, 1.165) is 11.1 Å². The minimum absolute atomic E-state index is 0.370. The third-order valence-electron chi connectivity index (χ3n) is 3.69. The van der Waals surface area contributed by atoms with Crippen molar-refractivity contribution >= 4 is 45.7 Å². The largest absolute Gasteiger partial charge is 0.350 e. The molecule has 118 valence electrons. The molecule has 1 N–H and O–H groups in total. The van der Waals surface area contributed by atoms with E-state index in [-0.39, 0.29) is 5.91 Å². The van der Waals surface area contributed by atoms with Gasteiger partial charge < -0.3 is 9.88 Å². The Kier molecular flexibility index (Phi) is 4.04. The number of hydrogen-bond acceptors (Lipinski definition) is 1. The first-order valence-electron chi connectivity index (χ1n) is 6.88. The number of halogens is 3. The minimum Gasteiger partial charge on any atom is -0.350 e. The molecule has 0 fully saturated rings. The molecule has 0 radical (unpaired) electrons. The molecular formula is C17H13Cl2FN2O. The molecule has 23 heavy (non-hydrogen) atoms. The molecule has 0 unspecified atom stereocenters. The van der Waals surface area contributed by atoms with Gasteiger partial charge in [-0.25, -0.2) is 4.39 Å². The molecule has 1 aromatic heterocycles. The SMILES string of the molecule is Cc1cc(Cl)c(NC(=O)c2cn(C)c3ccc(F)cc23)cc1Cl. The highest BCUT2D eigenvalue weighted by atomic mass is 35.5. The van der Waals surface area contributed by atoms with Crippen molar-refractivity contribution in [2.75, 3.05) is 5.32 Å². The maximum Gasteiger partial charge on any atom is 0.257 e. The van der Waals surface area contributed by atoms with Crippen molar-refractivity contribution in [2.45, 2.75) is 6.92 Å². The number of fused-ring (bicyclic) bond motifs is 1. The number of hydrogen-bond donors (Lipinski definition) is 1. The van der Waals surface area contributed by atoms with E-state index in [9.17, 15) is 9.18 Å². The molecule has 0 aliphatic carbocycles. The lowest BCUT2D eigenvalue weighted by molar-refractivity contribution is 0.102. The minimum atomic E-state index is -0.394. The summed E-state index contributed by atoms with van der Waals surface area (Å²) in [5, 5.41) is 4.17. The first-order chi connectivity index (χ1) is 10.9. The molecule has 0 aliphatic heterocycles. The third kappa shape index (κ3) is 2.92. The summed E-state index contributed by atoms with van der Waals surface area (Å²) >= 11 is 12.2. The van der Waals surface area contributed by atoms with Gasteiger partial charge in [-0.2, -0.15) is 0 Å². The maximum atomic E-state index is 13.5. The summed E-state index contributed by atoms with van der Waals surface area (Å²) in [4.78, 5) is 12.6. The van der Waals surface area contributed by atoms with E-state index in [4.69, 9.17) is 23.2 Å². The zero-order chi connectivity index (χ0) is 16.7. The molecule has 0 spiro atoms. The fraction of sp³-hybridized carbons (Fsp3) is 0.118. The van der Waals surface area contributed by atoms with Gasteiger partial charge in [-0.05, 0) is 42.8 Å². The topological polar surface area (TPSA) is 34.0 Å². The molecule has 0 bridgehead atoms. The van der Waals surface area contributed by atoms with Crippen LogP contribution in [-0.2, 0) is 7.05 Å². The van der Waals surface area contributed by atoms with Crippen LogP contribution < -0.4 is 5.32 Å². The molecule has 3 rings (SSSR count). The number of carbonyl (C=O) groups excluding carboxylic acids is 1. The highest BCUT2D eigenvalue weighted by molar-refractivity contribution is 6.36. The number of benzene rings is 2. The highest BCUT2D eigenvalue weighted by Gasteiger charge is 2.16. The quantitative estimate of drug-likeness (QED) is 0.678. The van der Waals surface area contributed by atoms with Gasteiger partial charge in [0.15, 0.2) is 0 Å². The molecular weight excluding hydrogens is 338 g/mol. The summed E-state index contributed by atoms with van der Waals surface area (Å²) in [7, 11) is 1.80. The van der Waals surface area contributed by atoms with Gasteiger partial charge in [0, 0.05) is 29.2 Å². The summed E-state index contributed by atoms with van der Waals surface area (Å²) in [5.41, 5.74) is 2.38. The Hall–Kier alpha value is -2.04. The van der Waals surface area contributed by atoms with Gasteiger partial charge in [-0.15, -0.1) is 0 Å². The summed E-state index contributed by atoms with van der Waals surface area (Å²) < 4.78 is 15.3. The van der Waals surface area contributed by atoms with E-state index >= 15 is 0 Å². The number of aromatic nitrogens is 1. The first kappa shape index (κ1) is 15.8. The van der Waals surface area contributed by atoms with Crippen molar-refractivity contribution in [1.29, 1.82) is 0 Å². The zero-order valence-corrected chi connectivity index (χ0v) is 14.0. The Bertz CT molecular complexity index is 934. The molecule has 2 aromatic carbocycles. The van der Waals surface area contributed by atoms with Crippen LogP contribution >= 0.6 is 23.2 Å². The fourth-order valence-electron chi connectivity index (χ4n) is 2.48. The smallest absolute Gasteiger partial charge is 0.257 e. The second-order valence-electron chi connectivity index (χ2n) is 5.35. The van der Waals surface area contributed by atoms with Crippen molar-refractivity contribution in [1.82, 2.24) is 4.57 Å². The molecule has 0 saturated heterocycles. The summed E-state index contributed by atoms with van der Waals surface area (Å²) in [5.74, 6) is -0.766. The van der Waals surface area contributed by atoms with E-state index in [0.29, 0.717) is 26.7 Å². The van der Waals surface area contributed by atoms with Crippen LogP contribution in [0.2, 0.25) is 10.0 Å². The van der Waals surface area contributed by atoms with Crippen LogP contribution in [-0.4, -0.2) is 10.5 Å². The lowest BCUT2D eigenvalue weighted by Gasteiger charge is -2.09. The van der Waals surface area contributed by atoms with Crippen LogP contribution in [0.1, 0.15) is 15.9 Å². The van der Waals surface area contributed by atoms with Crippen molar-refractivity contribution in [2.24, 2.45) is 7.05 Å². The fourth-order valence-corrected chi connectivity index (χ4v) is 2.91. The first-order valence-corrected chi connectivity index (χ1v) is 7.64. The summed E-state index contributed by atoms with van der Waals surface area (Å²) in [6.45, 7) is 1.83. The van der Waals surface area contributed by atoms with Crippen LogP contribution in [0.5, 0.6) is 0 Å². The Balaban J connectivity index is 2.02. The normalized spacial score (nSPS) is 11.0. The van der Waals surface area contributed by atoms with E-state index in [1.165, 1.54) is 12.1 Å². The van der Waals surface area contributed by atoms with Gasteiger partial charge in [0.2, 0.25) is 0 Å². The number of nitrogens with zero attached hydrogens (tertiary/aromatic N) is 1. The second-order valence-corrected chi connectivity index (χ2v) is 6.16. The van der Waals surface area contributed by atoms with Crippen LogP contribution in [0.15, 0.2) is 36.5 Å². The molecule has 1 amide bonds. The lowest BCUT2D eigenvalue weighted by Crippen LogP contribution is -2.12. The monoisotopic (exact) mass is 350 g/mol. The number of nitrogens with one attached hydrogen (secondary N) is 1. The van der Waals surface area contributed by atoms with Crippen molar-refractivity contribution in [3.05, 3.63) is 63.5 Å². The van der Waals surface area contributed by atoms with Crippen molar-refractivity contribution < 1.29 is 9.18 Å². The van der Waals surface area contributed by atoms with Gasteiger partial charge in [0.05, 0.1) is 16.3 Å². The molecule has 3 aromatic rings. The predicted molar refractivity (Wildman–Crippen MR) is 92.0 cm³/mol. The van der Waals surface area contributed by atoms with Gasteiger partial charge >= 0.3 is 0 Å². The number of anilines is 1. The van der Waals surface area contributed by atoms with Crippen LogP contribution in [0, 0.1) is 12.7 Å². The zero-order valence-electron chi connectivity index (χ0n) is 12.5. The second kappa shape index (κ2) is 5.87. The molecule has 1 heterocycles. The van der Waals surface area contributed by atoms with Crippen LogP contribution in [0.25, 0.3) is 10.9 Å². The number of aryl methyl sites for hydroxylation is 2. The number of amides is 1. The van der Waals surface area contributed by atoms with E-state index < -0.39 is 5.82 Å². The summed E-state index contributed by atoms with van der Waals surface area (Å²) in [6.07, 6.45) is 1.66. The van der Waals surface area contributed by atoms with E-state index in [1.54, 1.807) is 36.0 Å². The standard InChI is InChI=1S/C17H13Cl2FN2O/c1-9-5-14(19)15(7-13(9)18)21-17(23)12-8-22(2)16-4-3-10(20)6-11(12)16/h3-8H,1-2H3,(H,21,23). The van der Waals surface area contributed by atoms with Gasteiger partial charge in [0.1, 0.15) is 5.82 Å². The third-order valence-corrected chi connectivity index (χ3v) is 4.41. The van der Waals surface area contributed by atoms with E-state index in [2.05, 4.69) is 5.32 Å². The lowest BCUT2D eigenvalue weighted by atomic mass is 10.1. The van der Waals surface area contributed by atoms with Crippen molar-refractivity contribution in [3.63, 3.8) is 0 Å². The maximum absolute atomic E-state index is 13.5. The van der Waals surface area contributed by atoms with Crippen LogP contribution in [0.4, 0.5) is 10.1 Å². The average Bonchev–Trinajstić information content (AvgIpc) is 2.81. The molecule has 0 atom stereocenters. The number of carbonyl (C=O) groups is 1. The highest BCUT2D eigenvalue weighted by Crippen LogP contribution is 2.30. The number of rotatable bonds is 2. The van der Waals surface area contributed by atoms with Crippen molar-refractivity contribution in [3.8, 4) is 0 Å². The molecule has 3 nitrogen and oxygen atoms in total. The summed E-state index contributed by atoms with van der Waals surface area (Å²) in [6, 6.07) is 7.62. The van der Waals surface area contributed by atoms with Gasteiger partial charge in [0.25, 0.3) is 5.91 Å². The van der Waals surface area contributed by atoms with E-state index in [1.807, 2.05) is 6.92 Å². The molecule has 0 aliphatic rings. The Morgan fingerprint density at radius 2 is 1.91 bits per heavy atom. The van der Waals surface area contributed by atoms with Gasteiger partial charge in [-0.1, -0.05) is 23.2 Å².